The molecule has 0 aliphatic rings. The number of hydrogen-bond acceptors (Lipinski definition) is 1. The highest BCUT2D eigenvalue weighted by Gasteiger charge is 2.07. The van der Waals surface area contributed by atoms with Crippen LogP contribution < -0.4 is 0 Å². The number of allylic oxidation sites excluding steroid dienone is 2. The third kappa shape index (κ3) is 9.39. The van der Waals surface area contributed by atoms with E-state index in [1.165, 1.54) is 0 Å². The van der Waals surface area contributed by atoms with Crippen LogP contribution in [0, 0.1) is 0 Å². The van der Waals surface area contributed by atoms with Gasteiger partial charge in [0.05, 0.1) is 13.4 Å². The number of nitrogens with zero attached hydrogens (tertiary/aromatic N) is 1. The molecule has 0 aliphatic heterocycles. The standard InChI is InChI=1S/C11H20BN/c1-9(7-11(5,6)12)8-13-10(2,3)4/h7-8H,1-6H3/b9-7-,13-8?. The highest BCUT2D eigenvalue weighted by molar-refractivity contribution is 6.16. The van der Waals surface area contributed by atoms with Gasteiger partial charge in [-0.05, 0) is 33.3 Å². The minimum Gasteiger partial charge on any atom is -0.287 e. The maximum Gasteiger partial charge on any atom is 0.0794 e. The molecule has 0 aromatic heterocycles. The van der Waals surface area contributed by atoms with Gasteiger partial charge in [-0.15, -0.1) is 0 Å². The lowest BCUT2D eigenvalue weighted by atomic mass is 9.72. The third-order valence-corrected chi connectivity index (χ3v) is 1.26. The van der Waals surface area contributed by atoms with E-state index in [2.05, 4.69) is 25.8 Å². The van der Waals surface area contributed by atoms with Gasteiger partial charge >= 0.3 is 0 Å². The molecule has 0 N–H and O–H groups in total. The van der Waals surface area contributed by atoms with Gasteiger partial charge < -0.3 is 0 Å². The minimum absolute atomic E-state index is 0.00611. The van der Waals surface area contributed by atoms with Gasteiger partial charge in [0.2, 0.25) is 0 Å². The zero-order valence-corrected chi connectivity index (χ0v) is 9.68. The Bertz CT molecular complexity index is 213. The van der Waals surface area contributed by atoms with E-state index in [1.807, 2.05) is 33.1 Å². The third-order valence-electron chi connectivity index (χ3n) is 1.26. The summed E-state index contributed by atoms with van der Waals surface area (Å²) < 4.78 is 0. The van der Waals surface area contributed by atoms with Gasteiger partial charge in [0.1, 0.15) is 0 Å². The molecule has 72 valence electrons. The lowest BCUT2D eigenvalue weighted by molar-refractivity contribution is 0.586. The fraction of sp³-hybridized carbons (Fsp3) is 0.727. The van der Waals surface area contributed by atoms with Gasteiger partial charge in [0, 0.05) is 6.21 Å². The van der Waals surface area contributed by atoms with Crippen LogP contribution in [0.3, 0.4) is 0 Å². The van der Waals surface area contributed by atoms with Crippen molar-refractivity contribution < 1.29 is 0 Å². The van der Waals surface area contributed by atoms with Crippen molar-refractivity contribution in [1.82, 2.24) is 0 Å². The largest absolute Gasteiger partial charge is 0.287 e. The van der Waals surface area contributed by atoms with E-state index >= 15 is 0 Å². The summed E-state index contributed by atoms with van der Waals surface area (Å²) in [5.74, 6) is 0. The van der Waals surface area contributed by atoms with Crippen molar-refractivity contribution in [2.45, 2.75) is 52.4 Å². The summed E-state index contributed by atoms with van der Waals surface area (Å²) in [6, 6.07) is 0. The molecule has 0 atom stereocenters. The van der Waals surface area contributed by atoms with Crippen LogP contribution in [0.5, 0.6) is 0 Å². The first-order valence-corrected chi connectivity index (χ1v) is 4.64. The normalized spacial score (nSPS) is 15.4. The first-order valence-electron chi connectivity index (χ1n) is 4.64. The summed E-state index contributed by atoms with van der Waals surface area (Å²) in [5, 5.41) is -0.256. The summed E-state index contributed by atoms with van der Waals surface area (Å²) in [4.78, 5) is 4.39. The Morgan fingerprint density at radius 1 is 1.15 bits per heavy atom. The zero-order valence-electron chi connectivity index (χ0n) is 9.68. The van der Waals surface area contributed by atoms with E-state index in [-0.39, 0.29) is 10.9 Å². The average Bonchev–Trinajstić information content (AvgIpc) is 1.78. The average molecular weight is 177 g/mol. The first-order chi connectivity index (χ1) is 5.60. The fourth-order valence-electron chi connectivity index (χ4n) is 0.920. The summed E-state index contributed by atoms with van der Waals surface area (Å²) in [6.45, 7) is 12.2. The number of hydrogen-bond donors (Lipinski definition) is 0. The molecule has 0 saturated heterocycles. The molecule has 0 bridgehead atoms. The molecule has 1 nitrogen and oxygen atoms in total. The summed E-state index contributed by atoms with van der Waals surface area (Å²) in [5.41, 5.74) is 1.11. The van der Waals surface area contributed by atoms with Crippen molar-refractivity contribution in [3.8, 4) is 0 Å². The van der Waals surface area contributed by atoms with Gasteiger partial charge in [-0.1, -0.05) is 25.2 Å². The van der Waals surface area contributed by atoms with E-state index in [1.54, 1.807) is 0 Å². The van der Waals surface area contributed by atoms with E-state index in [0.29, 0.717) is 0 Å². The highest BCUT2D eigenvalue weighted by Crippen LogP contribution is 2.21. The summed E-state index contributed by atoms with van der Waals surface area (Å²) >= 11 is 0. The van der Waals surface area contributed by atoms with Crippen molar-refractivity contribution in [3.63, 3.8) is 0 Å². The lowest BCUT2D eigenvalue weighted by Gasteiger charge is -2.14. The Morgan fingerprint density at radius 2 is 1.62 bits per heavy atom. The van der Waals surface area contributed by atoms with Gasteiger partial charge in [0.25, 0.3) is 0 Å². The van der Waals surface area contributed by atoms with Gasteiger partial charge in [-0.3, -0.25) is 4.99 Å². The van der Waals surface area contributed by atoms with Crippen LogP contribution in [0.1, 0.15) is 41.5 Å². The summed E-state index contributed by atoms with van der Waals surface area (Å²) in [6.07, 6.45) is 3.90. The van der Waals surface area contributed by atoms with Crippen LogP contribution >= 0.6 is 0 Å². The lowest BCUT2D eigenvalue weighted by Crippen LogP contribution is -2.10. The molecule has 0 spiro atoms. The second kappa shape index (κ2) is 4.12. The van der Waals surface area contributed by atoms with E-state index in [0.717, 1.165) is 5.57 Å². The minimum atomic E-state index is -0.256. The molecule has 0 aliphatic carbocycles. The van der Waals surface area contributed by atoms with E-state index in [4.69, 9.17) is 7.85 Å². The molecule has 0 unspecified atom stereocenters. The molecule has 0 aromatic rings. The Kier molecular flexibility index (Phi) is 3.96. The SMILES string of the molecule is [B]C(C)(C)/C=C(/C)C=NC(C)(C)C. The van der Waals surface area contributed by atoms with Crippen LogP contribution in [0.25, 0.3) is 0 Å². The smallest absolute Gasteiger partial charge is 0.0794 e. The zero-order chi connectivity index (χ0) is 10.7. The molecular formula is C11H20BN. The molecule has 2 heteroatoms. The molecular weight excluding hydrogens is 157 g/mol. The molecule has 13 heavy (non-hydrogen) atoms. The van der Waals surface area contributed by atoms with Crippen molar-refractivity contribution in [1.29, 1.82) is 0 Å². The van der Waals surface area contributed by atoms with Crippen LogP contribution in [-0.4, -0.2) is 19.6 Å². The van der Waals surface area contributed by atoms with Gasteiger partial charge in [-0.25, -0.2) is 0 Å². The van der Waals surface area contributed by atoms with Gasteiger partial charge in [0.15, 0.2) is 0 Å². The highest BCUT2D eigenvalue weighted by atomic mass is 14.8. The Hall–Kier alpha value is -0.525. The van der Waals surface area contributed by atoms with E-state index in [9.17, 15) is 0 Å². The molecule has 0 saturated carbocycles. The van der Waals surface area contributed by atoms with Crippen molar-refractivity contribution in [2.24, 2.45) is 4.99 Å². The number of rotatable bonds is 2. The maximum absolute atomic E-state index is 5.84. The molecule has 0 amide bonds. The second-order valence-corrected chi connectivity index (χ2v) is 5.14. The second-order valence-electron chi connectivity index (χ2n) is 5.14. The van der Waals surface area contributed by atoms with E-state index < -0.39 is 0 Å². The number of aliphatic imine (C=N–C) groups is 1. The fourth-order valence-corrected chi connectivity index (χ4v) is 0.920. The van der Waals surface area contributed by atoms with Crippen molar-refractivity contribution in [3.05, 3.63) is 11.6 Å². The quantitative estimate of drug-likeness (QED) is 0.453. The molecule has 0 rings (SSSR count). The molecule has 0 fully saturated rings. The van der Waals surface area contributed by atoms with Crippen LogP contribution in [0.15, 0.2) is 16.6 Å². The summed E-state index contributed by atoms with van der Waals surface area (Å²) in [7, 11) is 5.84. The predicted molar refractivity (Wildman–Crippen MR) is 61.8 cm³/mol. The maximum atomic E-state index is 5.84. The van der Waals surface area contributed by atoms with Crippen LogP contribution in [0.4, 0.5) is 0 Å². The van der Waals surface area contributed by atoms with Crippen LogP contribution in [-0.2, 0) is 0 Å². The molecule has 0 aromatic carbocycles. The Balaban J connectivity index is 4.40. The molecule has 0 heterocycles. The first kappa shape index (κ1) is 12.5. The van der Waals surface area contributed by atoms with Crippen molar-refractivity contribution >= 4 is 14.1 Å². The Labute approximate surface area is 83.7 Å². The monoisotopic (exact) mass is 177 g/mol. The van der Waals surface area contributed by atoms with Crippen LogP contribution in [0.2, 0.25) is 5.31 Å². The topological polar surface area (TPSA) is 12.4 Å². The van der Waals surface area contributed by atoms with Gasteiger partial charge in [-0.2, -0.15) is 0 Å². The predicted octanol–water partition coefficient (Wildman–Crippen LogP) is 3.17. The van der Waals surface area contributed by atoms with Crippen molar-refractivity contribution in [2.75, 3.05) is 0 Å². The Morgan fingerprint density at radius 3 is 1.92 bits per heavy atom. The molecule has 2 radical (unpaired) electrons.